The van der Waals surface area contributed by atoms with E-state index in [9.17, 15) is 4.79 Å². The molecule has 1 amide bonds. The van der Waals surface area contributed by atoms with Gasteiger partial charge in [-0.25, -0.2) is 0 Å². The molecule has 0 atom stereocenters. The van der Waals surface area contributed by atoms with Crippen molar-refractivity contribution in [2.24, 2.45) is 5.92 Å². The zero-order valence-corrected chi connectivity index (χ0v) is 22.4. The maximum Gasteiger partial charge on any atom is 0.242 e. The molecule has 4 rings (SSSR count). The Balaban J connectivity index is 1.33. The van der Waals surface area contributed by atoms with Crippen molar-refractivity contribution in [3.8, 4) is 22.8 Å². The van der Waals surface area contributed by atoms with Gasteiger partial charge >= 0.3 is 0 Å². The third kappa shape index (κ3) is 6.54. The van der Waals surface area contributed by atoms with Crippen molar-refractivity contribution >= 4 is 29.1 Å². The van der Waals surface area contributed by atoms with Gasteiger partial charge in [-0.15, -0.1) is 10.2 Å². The van der Waals surface area contributed by atoms with E-state index >= 15 is 0 Å². The predicted molar refractivity (Wildman–Crippen MR) is 145 cm³/mol. The molecular weight excluding hydrogens is 476 g/mol. The highest BCUT2D eigenvalue weighted by Gasteiger charge is 2.29. The minimum atomic E-state index is 0.122. The Kier molecular flexibility index (Phi) is 8.45. The molecule has 2 aliphatic rings. The first kappa shape index (κ1) is 25.9. The fourth-order valence-corrected chi connectivity index (χ4v) is 4.64. The molecule has 1 saturated heterocycles. The van der Waals surface area contributed by atoms with E-state index in [4.69, 9.17) is 21.7 Å². The van der Waals surface area contributed by atoms with Gasteiger partial charge in [-0.3, -0.25) is 4.79 Å². The highest BCUT2D eigenvalue weighted by molar-refractivity contribution is 7.80. The second kappa shape index (κ2) is 11.7. The van der Waals surface area contributed by atoms with Crippen molar-refractivity contribution in [1.82, 2.24) is 25.3 Å². The van der Waals surface area contributed by atoms with Crippen LogP contribution in [0.2, 0.25) is 0 Å². The summed E-state index contributed by atoms with van der Waals surface area (Å²) in [7, 11) is 3.25. The number of rotatable bonds is 9. The topological polar surface area (TPSA) is 83.1 Å². The van der Waals surface area contributed by atoms with Crippen LogP contribution in [0.4, 0.5) is 5.82 Å². The van der Waals surface area contributed by atoms with Gasteiger partial charge in [-0.05, 0) is 69.1 Å². The Labute approximate surface area is 218 Å². The zero-order valence-electron chi connectivity index (χ0n) is 21.6. The summed E-state index contributed by atoms with van der Waals surface area (Å²) < 4.78 is 10.8. The molecule has 2 fully saturated rings. The summed E-state index contributed by atoms with van der Waals surface area (Å²) in [6, 6.07) is 9.79. The standard InChI is InChI=1S/C26H36N6O3S/c1-18(2)27-26(36)32(16-19-5-6-19)17-25(33)31-13-11-30(12-14-31)24-10-9-22(28-29-24)21-8-7-20(34-3)15-23(21)35-4/h7-10,15,18-19H,5-6,11-14,16-17H2,1-4H3,(H,27,36). The largest absolute Gasteiger partial charge is 0.497 e. The molecule has 0 radical (unpaired) electrons. The van der Waals surface area contributed by atoms with Crippen LogP contribution in [0.3, 0.4) is 0 Å². The van der Waals surface area contributed by atoms with Gasteiger partial charge in [0.15, 0.2) is 10.9 Å². The van der Waals surface area contributed by atoms with Crippen LogP contribution in [-0.4, -0.2) is 90.5 Å². The molecule has 36 heavy (non-hydrogen) atoms. The number of benzene rings is 1. The Morgan fingerprint density at radius 2 is 1.86 bits per heavy atom. The fraction of sp³-hybridized carbons (Fsp3) is 0.538. The SMILES string of the molecule is COc1ccc(-c2ccc(N3CCN(C(=O)CN(CC4CC4)C(=S)NC(C)C)CC3)nn2)c(OC)c1. The lowest BCUT2D eigenvalue weighted by atomic mass is 10.1. The number of thiocarbonyl (C=S) groups is 1. The van der Waals surface area contributed by atoms with Gasteiger partial charge in [0.1, 0.15) is 11.5 Å². The number of methoxy groups -OCH3 is 2. The van der Waals surface area contributed by atoms with Crippen molar-refractivity contribution in [3.05, 3.63) is 30.3 Å². The summed E-state index contributed by atoms with van der Waals surface area (Å²) in [6.45, 7) is 8.02. The van der Waals surface area contributed by atoms with Gasteiger partial charge in [0.25, 0.3) is 0 Å². The normalized spacial score (nSPS) is 15.6. The smallest absolute Gasteiger partial charge is 0.242 e. The number of piperazine rings is 1. The van der Waals surface area contributed by atoms with Crippen LogP contribution in [0, 0.1) is 5.92 Å². The minimum absolute atomic E-state index is 0.122. The summed E-state index contributed by atoms with van der Waals surface area (Å²) in [4.78, 5) is 19.2. The van der Waals surface area contributed by atoms with Crippen LogP contribution in [0.25, 0.3) is 11.3 Å². The average Bonchev–Trinajstić information content (AvgIpc) is 3.72. The van der Waals surface area contributed by atoms with Gasteiger partial charge in [0.2, 0.25) is 5.91 Å². The van der Waals surface area contributed by atoms with Crippen LogP contribution < -0.4 is 19.7 Å². The molecule has 1 saturated carbocycles. The van der Waals surface area contributed by atoms with Gasteiger partial charge in [-0.1, -0.05) is 0 Å². The maximum absolute atomic E-state index is 13.1. The van der Waals surface area contributed by atoms with E-state index < -0.39 is 0 Å². The molecule has 1 aliphatic carbocycles. The Bertz CT molecular complexity index is 1050. The second-order valence-corrected chi connectivity index (χ2v) is 10.0. The highest BCUT2D eigenvalue weighted by Crippen LogP contribution is 2.32. The van der Waals surface area contributed by atoms with Crippen LogP contribution in [0.1, 0.15) is 26.7 Å². The Hall–Kier alpha value is -3.14. The summed E-state index contributed by atoms with van der Waals surface area (Å²) in [5.74, 6) is 2.98. The van der Waals surface area contributed by atoms with Gasteiger partial charge in [0.05, 0.1) is 26.5 Å². The molecule has 194 valence electrons. The number of hydrogen-bond acceptors (Lipinski definition) is 7. The van der Waals surface area contributed by atoms with Crippen molar-refractivity contribution in [3.63, 3.8) is 0 Å². The molecule has 2 aromatic rings. The quantitative estimate of drug-likeness (QED) is 0.510. The van der Waals surface area contributed by atoms with E-state index in [-0.39, 0.29) is 11.9 Å². The maximum atomic E-state index is 13.1. The number of amides is 1. The summed E-state index contributed by atoms with van der Waals surface area (Å²) in [5, 5.41) is 12.9. The molecular formula is C26H36N6O3S. The average molecular weight is 513 g/mol. The first-order chi connectivity index (χ1) is 17.4. The molecule has 1 aromatic heterocycles. The summed E-state index contributed by atoms with van der Waals surface area (Å²) >= 11 is 5.58. The van der Waals surface area contributed by atoms with Crippen molar-refractivity contribution in [2.45, 2.75) is 32.7 Å². The summed E-state index contributed by atoms with van der Waals surface area (Å²) in [6.07, 6.45) is 2.44. The lowest BCUT2D eigenvalue weighted by Crippen LogP contribution is -2.53. The first-order valence-electron chi connectivity index (χ1n) is 12.5. The van der Waals surface area contributed by atoms with Crippen molar-refractivity contribution < 1.29 is 14.3 Å². The molecule has 0 spiro atoms. The van der Waals surface area contributed by atoms with E-state index in [1.165, 1.54) is 12.8 Å². The fourth-order valence-electron chi connectivity index (χ4n) is 4.27. The Morgan fingerprint density at radius 1 is 1.11 bits per heavy atom. The number of carbonyl (C=O) groups is 1. The number of anilines is 1. The number of nitrogens with zero attached hydrogens (tertiary/aromatic N) is 5. The number of ether oxygens (including phenoxy) is 2. The Morgan fingerprint density at radius 3 is 2.44 bits per heavy atom. The molecule has 1 aromatic carbocycles. The zero-order chi connectivity index (χ0) is 25.7. The molecule has 1 aliphatic heterocycles. The van der Waals surface area contributed by atoms with Gasteiger partial charge < -0.3 is 29.5 Å². The number of aromatic nitrogens is 2. The van der Waals surface area contributed by atoms with Crippen LogP contribution >= 0.6 is 12.2 Å². The minimum Gasteiger partial charge on any atom is -0.497 e. The van der Waals surface area contributed by atoms with E-state index in [2.05, 4.69) is 34.3 Å². The molecule has 2 heterocycles. The molecule has 0 bridgehead atoms. The number of hydrogen-bond donors (Lipinski definition) is 1. The monoisotopic (exact) mass is 512 g/mol. The predicted octanol–water partition coefficient (Wildman–Crippen LogP) is 2.80. The first-order valence-corrected chi connectivity index (χ1v) is 12.9. The van der Waals surface area contributed by atoms with E-state index in [0.29, 0.717) is 49.5 Å². The van der Waals surface area contributed by atoms with Crippen molar-refractivity contribution in [2.75, 3.05) is 58.4 Å². The lowest BCUT2D eigenvalue weighted by molar-refractivity contribution is -0.131. The third-order valence-electron chi connectivity index (χ3n) is 6.49. The van der Waals surface area contributed by atoms with E-state index in [1.54, 1.807) is 14.2 Å². The lowest BCUT2D eigenvalue weighted by Gasteiger charge is -2.36. The second-order valence-electron chi connectivity index (χ2n) is 9.64. The molecule has 9 nitrogen and oxygen atoms in total. The molecule has 10 heteroatoms. The van der Waals surface area contributed by atoms with Crippen LogP contribution in [0.15, 0.2) is 30.3 Å². The van der Waals surface area contributed by atoms with Gasteiger partial charge in [-0.2, -0.15) is 0 Å². The van der Waals surface area contributed by atoms with Gasteiger partial charge in [0, 0.05) is 50.4 Å². The highest BCUT2D eigenvalue weighted by atomic mass is 32.1. The number of carbonyl (C=O) groups excluding carboxylic acids is 1. The number of nitrogens with one attached hydrogen (secondary N) is 1. The molecule has 0 unspecified atom stereocenters. The van der Waals surface area contributed by atoms with Crippen molar-refractivity contribution in [1.29, 1.82) is 0 Å². The molecule has 1 N–H and O–H groups in total. The summed E-state index contributed by atoms with van der Waals surface area (Å²) in [5.41, 5.74) is 1.59. The van der Waals surface area contributed by atoms with Crippen LogP contribution in [0.5, 0.6) is 11.5 Å². The van der Waals surface area contributed by atoms with E-state index in [0.717, 1.165) is 29.4 Å². The third-order valence-corrected chi connectivity index (χ3v) is 6.87. The van der Waals surface area contributed by atoms with E-state index in [1.807, 2.05) is 40.1 Å². The van der Waals surface area contributed by atoms with Crippen LogP contribution in [-0.2, 0) is 4.79 Å².